The summed E-state index contributed by atoms with van der Waals surface area (Å²) in [4.78, 5) is 22.4. The number of aliphatic hydroxyl groups is 1. The Morgan fingerprint density at radius 2 is 1.73 bits per heavy atom. The lowest BCUT2D eigenvalue weighted by molar-refractivity contribution is -0.385. The Bertz CT molecular complexity index is 883. The molecule has 2 aromatic carbocycles. The maximum atomic E-state index is 11.5. The van der Waals surface area contributed by atoms with Crippen LogP contribution in [0.3, 0.4) is 0 Å². The Balaban J connectivity index is 1.67. The molecule has 1 amide bonds. The van der Waals surface area contributed by atoms with Crippen LogP contribution in [0.4, 0.5) is 11.4 Å². The second-order valence-electron chi connectivity index (χ2n) is 7.98. The van der Waals surface area contributed by atoms with Gasteiger partial charge in [-0.3, -0.25) is 14.9 Å². The summed E-state index contributed by atoms with van der Waals surface area (Å²) in [7, 11) is 0. The van der Waals surface area contributed by atoms with E-state index in [1.165, 1.54) is 11.6 Å². The van der Waals surface area contributed by atoms with E-state index in [2.05, 4.69) is 17.4 Å². The normalized spacial score (nSPS) is 19.9. The van der Waals surface area contributed by atoms with Gasteiger partial charge in [0, 0.05) is 17.8 Å². The standard InChI is InChI=1S/C23H29N3O4/c24-23(28)21-10-4-7-18(22(21)26(29)30)15-25-19-13-11-17(12-14-19)16-5-1-2-8-20(27)9-3-6-16/h4,7,10-14,16,20,25,27H,1-3,5-6,8-9,15H2,(H2,24,28)/t16-,20-/m1/s1. The fourth-order valence-corrected chi connectivity index (χ4v) is 4.21. The van der Waals surface area contributed by atoms with Crippen LogP contribution in [0.2, 0.25) is 0 Å². The zero-order chi connectivity index (χ0) is 21.5. The summed E-state index contributed by atoms with van der Waals surface area (Å²) in [5, 5.41) is 24.5. The van der Waals surface area contributed by atoms with Crippen molar-refractivity contribution in [2.45, 2.75) is 63.5 Å². The molecule has 4 N–H and O–H groups in total. The van der Waals surface area contributed by atoms with Crippen molar-refractivity contribution >= 4 is 17.3 Å². The number of amides is 1. The number of nitrogens with zero attached hydrogens (tertiary/aromatic N) is 1. The highest BCUT2D eigenvalue weighted by molar-refractivity contribution is 5.97. The Morgan fingerprint density at radius 1 is 1.07 bits per heavy atom. The Labute approximate surface area is 176 Å². The van der Waals surface area contributed by atoms with Crippen LogP contribution in [0.1, 0.15) is 72.3 Å². The highest BCUT2D eigenvalue weighted by atomic mass is 16.6. The summed E-state index contributed by atoms with van der Waals surface area (Å²) >= 11 is 0. The van der Waals surface area contributed by atoms with Crippen LogP contribution in [0.25, 0.3) is 0 Å². The van der Waals surface area contributed by atoms with E-state index >= 15 is 0 Å². The molecule has 0 spiro atoms. The number of hydrogen-bond donors (Lipinski definition) is 3. The summed E-state index contributed by atoms with van der Waals surface area (Å²) in [5.74, 6) is -0.312. The number of nitro groups is 1. The minimum atomic E-state index is -0.810. The van der Waals surface area contributed by atoms with Gasteiger partial charge in [-0.1, -0.05) is 43.5 Å². The molecule has 1 aliphatic carbocycles. The van der Waals surface area contributed by atoms with Crippen LogP contribution in [0.15, 0.2) is 42.5 Å². The van der Waals surface area contributed by atoms with Crippen molar-refractivity contribution in [1.82, 2.24) is 0 Å². The maximum absolute atomic E-state index is 11.5. The fraction of sp³-hybridized carbons (Fsp3) is 0.435. The third kappa shape index (κ3) is 5.57. The predicted octanol–water partition coefficient (Wildman–Crippen LogP) is 4.49. The van der Waals surface area contributed by atoms with Gasteiger partial charge in [-0.2, -0.15) is 0 Å². The molecule has 2 atom stereocenters. The largest absolute Gasteiger partial charge is 0.393 e. The Kier molecular flexibility index (Phi) is 7.41. The highest BCUT2D eigenvalue weighted by Crippen LogP contribution is 2.31. The average Bonchev–Trinajstić information content (AvgIpc) is 2.84. The minimum absolute atomic E-state index is 0.0834. The summed E-state index contributed by atoms with van der Waals surface area (Å²) in [6, 6.07) is 12.8. The summed E-state index contributed by atoms with van der Waals surface area (Å²) in [5.41, 5.74) is 7.51. The lowest BCUT2D eigenvalue weighted by atomic mass is 9.89. The van der Waals surface area contributed by atoms with Crippen molar-refractivity contribution in [3.05, 3.63) is 69.3 Å². The molecule has 7 heteroatoms. The number of carbonyl (C=O) groups excluding carboxylic acids is 1. The van der Waals surface area contributed by atoms with Gasteiger partial charge >= 0.3 is 0 Å². The van der Waals surface area contributed by atoms with Gasteiger partial charge in [0.15, 0.2) is 0 Å². The van der Waals surface area contributed by atoms with Crippen LogP contribution in [-0.4, -0.2) is 22.0 Å². The van der Waals surface area contributed by atoms with Gasteiger partial charge in [0.1, 0.15) is 5.56 Å². The molecule has 30 heavy (non-hydrogen) atoms. The van der Waals surface area contributed by atoms with Crippen LogP contribution < -0.4 is 11.1 Å². The van der Waals surface area contributed by atoms with Crippen molar-refractivity contribution in [3.63, 3.8) is 0 Å². The van der Waals surface area contributed by atoms with Crippen molar-refractivity contribution in [2.24, 2.45) is 5.73 Å². The van der Waals surface area contributed by atoms with E-state index in [0.29, 0.717) is 11.5 Å². The zero-order valence-electron chi connectivity index (χ0n) is 17.0. The number of anilines is 1. The smallest absolute Gasteiger partial charge is 0.287 e. The average molecular weight is 412 g/mol. The third-order valence-corrected chi connectivity index (χ3v) is 5.86. The molecule has 160 valence electrons. The van der Waals surface area contributed by atoms with E-state index < -0.39 is 10.8 Å². The van der Waals surface area contributed by atoms with E-state index in [4.69, 9.17) is 5.73 Å². The van der Waals surface area contributed by atoms with E-state index in [0.717, 1.165) is 50.6 Å². The Hall–Kier alpha value is -2.93. The molecule has 0 heterocycles. The highest BCUT2D eigenvalue weighted by Gasteiger charge is 2.22. The second kappa shape index (κ2) is 10.2. The van der Waals surface area contributed by atoms with Gasteiger partial charge in [0.05, 0.1) is 11.0 Å². The zero-order valence-corrected chi connectivity index (χ0v) is 17.0. The molecule has 0 bridgehead atoms. The van der Waals surface area contributed by atoms with Crippen molar-refractivity contribution in [3.8, 4) is 0 Å². The number of benzene rings is 2. The topological polar surface area (TPSA) is 118 Å². The number of carbonyl (C=O) groups is 1. The number of nitrogens with one attached hydrogen (secondary N) is 1. The number of hydrogen-bond acceptors (Lipinski definition) is 5. The maximum Gasteiger partial charge on any atom is 0.287 e. The summed E-state index contributed by atoms with van der Waals surface area (Å²) in [6.45, 7) is 0.220. The van der Waals surface area contributed by atoms with E-state index in [-0.39, 0.29) is 23.9 Å². The Morgan fingerprint density at radius 3 is 2.43 bits per heavy atom. The van der Waals surface area contributed by atoms with Gasteiger partial charge in [-0.25, -0.2) is 0 Å². The van der Waals surface area contributed by atoms with Crippen molar-refractivity contribution in [2.75, 3.05) is 5.32 Å². The van der Waals surface area contributed by atoms with Crippen molar-refractivity contribution in [1.29, 1.82) is 0 Å². The quantitative estimate of drug-likeness (QED) is 0.478. The van der Waals surface area contributed by atoms with Gasteiger partial charge in [-0.15, -0.1) is 0 Å². The first-order valence-electron chi connectivity index (χ1n) is 10.5. The van der Waals surface area contributed by atoms with Gasteiger partial charge in [0.25, 0.3) is 11.6 Å². The van der Waals surface area contributed by atoms with Crippen LogP contribution in [-0.2, 0) is 6.54 Å². The number of aliphatic hydroxyl groups excluding tert-OH is 1. The molecular weight excluding hydrogens is 382 g/mol. The van der Waals surface area contributed by atoms with Gasteiger partial charge in [0.2, 0.25) is 0 Å². The fourth-order valence-electron chi connectivity index (χ4n) is 4.21. The number of para-hydroxylation sites is 1. The molecule has 7 nitrogen and oxygen atoms in total. The molecule has 3 rings (SSSR count). The van der Waals surface area contributed by atoms with E-state index in [9.17, 15) is 20.0 Å². The van der Waals surface area contributed by atoms with Crippen LogP contribution in [0.5, 0.6) is 0 Å². The van der Waals surface area contributed by atoms with E-state index in [1.807, 2.05) is 12.1 Å². The predicted molar refractivity (Wildman–Crippen MR) is 116 cm³/mol. The molecule has 0 unspecified atom stereocenters. The number of primary amides is 1. The van der Waals surface area contributed by atoms with E-state index in [1.54, 1.807) is 12.1 Å². The first-order valence-corrected chi connectivity index (χ1v) is 10.5. The van der Waals surface area contributed by atoms with Crippen molar-refractivity contribution < 1.29 is 14.8 Å². The van der Waals surface area contributed by atoms with Gasteiger partial charge in [-0.05, 0) is 55.4 Å². The molecule has 0 aromatic heterocycles. The number of rotatable bonds is 6. The minimum Gasteiger partial charge on any atom is -0.393 e. The monoisotopic (exact) mass is 411 g/mol. The molecule has 0 radical (unpaired) electrons. The first kappa shape index (κ1) is 21.8. The molecule has 1 saturated carbocycles. The molecule has 0 aliphatic heterocycles. The number of nitrogens with two attached hydrogens (primary N) is 1. The summed E-state index contributed by atoms with van der Waals surface area (Å²) < 4.78 is 0. The second-order valence-corrected chi connectivity index (χ2v) is 7.98. The molecule has 1 fully saturated rings. The third-order valence-electron chi connectivity index (χ3n) is 5.86. The van der Waals surface area contributed by atoms with Crippen LogP contribution >= 0.6 is 0 Å². The molecule has 1 aliphatic rings. The molecule has 0 saturated heterocycles. The first-order chi connectivity index (χ1) is 14.5. The SMILES string of the molecule is NC(=O)c1cccc(CNc2ccc([C@@H]3CCCC[C@@H](O)CCC3)cc2)c1[N+](=O)[O-]. The number of nitro benzene ring substituents is 1. The van der Waals surface area contributed by atoms with Crippen LogP contribution in [0, 0.1) is 10.1 Å². The lowest BCUT2D eigenvalue weighted by Gasteiger charge is -2.17. The lowest BCUT2D eigenvalue weighted by Crippen LogP contribution is -2.15. The van der Waals surface area contributed by atoms with Gasteiger partial charge < -0.3 is 16.2 Å². The molecular formula is C23H29N3O4. The summed E-state index contributed by atoms with van der Waals surface area (Å²) in [6.07, 6.45) is 7.06. The molecule has 2 aromatic rings.